The number of guanidine groups is 1. The minimum atomic E-state index is -1.32. The lowest BCUT2D eigenvalue weighted by molar-refractivity contribution is 0.497. The molecule has 0 unspecified atom stereocenters. The zero-order valence-electron chi connectivity index (χ0n) is 10.2. The van der Waals surface area contributed by atoms with Gasteiger partial charge in [-0.3, -0.25) is 5.43 Å². The summed E-state index contributed by atoms with van der Waals surface area (Å²) in [7, 11) is 0. The van der Waals surface area contributed by atoms with Gasteiger partial charge in [0.25, 0.3) is 0 Å². The molecule has 0 amide bonds. The molecule has 0 heterocycles. The standard InChI is InChI=1S/C13H11F3N4/c14-8-6-10(15)12(16)11(7-8)19-13(20-17)18-9-4-2-1-3-5-9/h1-7H,17H2,(H2,18,19,20). The van der Waals surface area contributed by atoms with E-state index < -0.39 is 23.1 Å². The Balaban J connectivity index is 2.32. The molecule has 4 N–H and O–H groups in total. The van der Waals surface area contributed by atoms with Crippen molar-refractivity contribution < 1.29 is 13.2 Å². The Kier molecular flexibility index (Phi) is 4.21. The summed E-state index contributed by atoms with van der Waals surface area (Å²) in [6.45, 7) is 0. The van der Waals surface area contributed by atoms with E-state index in [1.54, 1.807) is 30.3 Å². The SMILES string of the molecule is NNC(=Nc1cc(F)cc(F)c1F)Nc1ccccc1. The van der Waals surface area contributed by atoms with Gasteiger partial charge in [0.15, 0.2) is 11.6 Å². The number of rotatable bonds is 2. The number of benzene rings is 2. The lowest BCUT2D eigenvalue weighted by atomic mass is 10.3. The van der Waals surface area contributed by atoms with Gasteiger partial charge in [0.1, 0.15) is 11.5 Å². The molecule has 2 aromatic carbocycles. The quantitative estimate of drug-likeness (QED) is 0.260. The van der Waals surface area contributed by atoms with Crippen molar-refractivity contribution in [2.45, 2.75) is 0 Å². The van der Waals surface area contributed by atoms with Gasteiger partial charge >= 0.3 is 0 Å². The number of hydrogen-bond donors (Lipinski definition) is 3. The second-order valence-corrected chi connectivity index (χ2v) is 3.82. The van der Waals surface area contributed by atoms with Crippen LogP contribution in [0.4, 0.5) is 24.5 Å². The summed E-state index contributed by atoms with van der Waals surface area (Å²) in [6, 6.07) is 9.97. The van der Waals surface area contributed by atoms with Crippen LogP contribution in [0.3, 0.4) is 0 Å². The number of nitrogens with two attached hydrogens (primary N) is 1. The summed E-state index contributed by atoms with van der Waals surface area (Å²) in [6.07, 6.45) is 0. The minimum Gasteiger partial charge on any atom is -0.325 e. The number of hydrogen-bond acceptors (Lipinski definition) is 2. The average molecular weight is 280 g/mol. The first-order chi connectivity index (χ1) is 9.60. The number of nitrogens with one attached hydrogen (secondary N) is 2. The molecule has 2 aromatic rings. The third-order valence-corrected chi connectivity index (χ3v) is 2.38. The molecule has 0 radical (unpaired) electrons. The van der Waals surface area contributed by atoms with Gasteiger partial charge in [0.05, 0.1) is 0 Å². The fourth-order valence-corrected chi connectivity index (χ4v) is 1.50. The highest BCUT2D eigenvalue weighted by Crippen LogP contribution is 2.22. The zero-order chi connectivity index (χ0) is 14.5. The van der Waals surface area contributed by atoms with Crippen LogP contribution in [0.5, 0.6) is 0 Å². The molecule has 20 heavy (non-hydrogen) atoms. The third kappa shape index (κ3) is 3.27. The fraction of sp³-hybridized carbons (Fsp3) is 0. The molecule has 2 rings (SSSR count). The van der Waals surface area contributed by atoms with E-state index in [-0.39, 0.29) is 5.96 Å². The van der Waals surface area contributed by atoms with Gasteiger partial charge in [-0.15, -0.1) is 0 Å². The molecular formula is C13H11F3N4. The Morgan fingerprint density at radius 3 is 2.40 bits per heavy atom. The number of hydrazine groups is 1. The summed E-state index contributed by atoms with van der Waals surface area (Å²) < 4.78 is 39.6. The number of nitrogens with zero attached hydrogens (tertiary/aromatic N) is 1. The van der Waals surface area contributed by atoms with Crippen molar-refractivity contribution in [3.63, 3.8) is 0 Å². The number of anilines is 1. The molecular weight excluding hydrogens is 269 g/mol. The first-order valence-corrected chi connectivity index (χ1v) is 5.62. The van der Waals surface area contributed by atoms with Crippen molar-refractivity contribution >= 4 is 17.3 Å². The van der Waals surface area contributed by atoms with E-state index >= 15 is 0 Å². The molecule has 0 aromatic heterocycles. The highest BCUT2D eigenvalue weighted by molar-refractivity contribution is 5.94. The predicted octanol–water partition coefficient (Wildman–Crippen LogP) is 2.67. The molecule has 7 heteroatoms. The summed E-state index contributed by atoms with van der Waals surface area (Å²) >= 11 is 0. The average Bonchev–Trinajstić information content (AvgIpc) is 2.44. The Bertz CT molecular complexity index is 629. The van der Waals surface area contributed by atoms with E-state index in [4.69, 9.17) is 5.84 Å². The van der Waals surface area contributed by atoms with Gasteiger partial charge in [-0.2, -0.15) is 0 Å². The maximum atomic E-state index is 13.5. The lowest BCUT2D eigenvalue weighted by Crippen LogP contribution is -2.36. The third-order valence-electron chi connectivity index (χ3n) is 2.38. The summed E-state index contributed by atoms with van der Waals surface area (Å²) in [5, 5.41) is 2.75. The molecule has 104 valence electrons. The molecule has 0 saturated carbocycles. The van der Waals surface area contributed by atoms with E-state index in [1.165, 1.54) is 0 Å². The summed E-state index contributed by atoms with van der Waals surface area (Å²) in [5.74, 6) is 1.68. The van der Waals surface area contributed by atoms with Gasteiger partial charge in [0.2, 0.25) is 5.96 Å². The fourth-order valence-electron chi connectivity index (χ4n) is 1.50. The van der Waals surface area contributed by atoms with Crippen molar-refractivity contribution in [1.29, 1.82) is 0 Å². The van der Waals surface area contributed by atoms with E-state index in [0.717, 1.165) is 6.07 Å². The molecule has 0 aliphatic heterocycles. The first-order valence-electron chi connectivity index (χ1n) is 5.62. The molecule has 0 fully saturated rings. The zero-order valence-corrected chi connectivity index (χ0v) is 10.2. The Morgan fingerprint density at radius 2 is 1.75 bits per heavy atom. The van der Waals surface area contributed by atoms with Crippen LogP contribution < -0.4 is 16.6 Å². The number of para-hydroxylation sites is 1. The molecule has 0 atom stereocenters. The molecule has 0 spiro atoms. The van der Waals surface area contributed by atoms with Gasteiger partial charge in [-0.05, 0) is 12.1 Å². The smallest absolute Gasteiger partial charge is 0.215 e. The minimum absolute atomic E-state index is 0.0555. The van der Waals surface area contributed by atoms with E-state index in [2.05, 4.69) is 15.7 Å². The Hall–Kier alpha value is -2.54. The van der Waals surface area contributed by atoms with Gasteiger partial charge in [-0.1, -0.05) is 18.2 Å². The van der Waals surface area contributed by atoms with Crippen molar-refractivity contribution in [3.8, 4) is 0 Å². The van der Waals surface area contributed by atoms with Gasteiger partial charge in [0, 0.05) is 17.8 Å². The second-order valence-electron chi connectivity index (χ2n) is 3.82. The number of aliphatic imine (C=N–C) groups is 1. The van der Waals surface area contributed by atoms with Crippen molar-refractivity contribution in [2.24, 2.45) is 10.8 Å². The van der Waals surface area contributed by atoms with Gasteiger partial charge in [-0.25, -0.2) is 24.0 Å². The monoisotopic (exact) mass is 280 g/mol. The van der Waals surface area contributed by atoms with Crippen LogP contribution in [0.25, 0.3) is 0 Å². The highest BCUT2D eigenvalue weighted by Gasteiger charge is 2.11. The topological polar surface area (TPSA) is 62.4 Å². The highest BCUT2D eigenvalue weighted by atomic mass is 19.2. The molecule has 0 aliphatic rings. The van der Waals surface area contributed by atoms with Crippen LogP contribution in [0.2, 0.25) is 0 Å². The Morgan fingerprint density at radius 1 is 1.05 bits per heavy atom. The maximum absolute atomic E-state index is 13.5. The lowest BCUT2D eigenvalue weighted by Gasteiger charge is -2.09. The van der Waals surface area contributed by atoms with Crippen LogP contribution >= 0.6 is 0 Å². The second kappa shape index (κ2) is 6.07. The molecule has 0 aliphatic carbocycles. The van der Waals surface area contributed by atoms with Crippen molar-refractivity contribution in [1.82, 2.24) is 5.43 Å². The van der Waals surface area contributed by atoms with E-state index in [0.29, 0.717) is 11.8 Å². The van der Waals surface area contributed by atoms with E-state index in [1.807, 2.05) is 0 Å². The van der Waals surface area contributed by atoms with Crippen LogP contribution in [0.1, 0.15) is 0 Å². The van der Waals surface area contributed by atoms with Crippen LogP contribution in [-0.2, 0) is 0 Å². The van der Waals surface area contributed by atoms with Crippen molar-refractivity contribution in [3.05, 3.63) is 59.9 Å². The first kappa shape index (κ1) is 13.9. The molecule has 0 bridgehead atoms. The summed E-state index contributed by atoms with van der Waals surface area (Å²) in [5.41, 5.74) is 2.32. The van der Waals surface area contributed by atoms with Crippen LogP contribution in [0, 0.1) is 17.5 Å². The predicted molar refractivity (Wildman–Crippen MR) is 70.8 cm³/mol. The van der Waals surface area contributed by atoms with Crippen LogP contribution in [0.15, 0.2) is 47.5 Å². The van der Waals surface area contributed by atoms with Crippen molar-refractivity contribution in [2.75, 3.05) is 5.32 Å². The largest absolute Gasteiger partial charge is 0.325 e. The molecule has 4 nitrogen and oxygen atoms in total. The van der Waals surface area contributed by atoms with E-state index in [9.17, 15) is 13.2 Å². The maximum Gasteiger partial charge on any atom is 0.215 e. The van der Waals surface area contributed by atoms with Crippen LogP contribution in [-0.4, -0.2) is 5.96 Å². The normalized spacial score (nSPS) is 11.3. The Labute approximate surface area is 113 Å². The summed E-state index contributed by atoms with van der Waals surface area (Å²) in [4.78, 5) is 3.71. The molecule has 0 saturated heterocycles. The van der Waals surface area contributed by atoms with Gasteiger partial charge < -0.3 is 5.32 Å². The number of halogens is 3.